The van der Waals surface area contributed by atoms with E-state index in [1.165, 1.54) is 21.2 Å². The summed E-state index contributed by atoms with van der Waals surface area (Å²) in [7, 11) is 2.08. The van der Waals surface area contributed by atoms with Crippen molar-refractivity contribution in [1.29, 1.82) is 0 Å². The van der Waals surface area contributed by atoms with Crippen LogP contribution in [0.2, 0.25) is 5.02 Å². The molecule has 0 radical (unpaired) electrons. The van der Waals surface area contributed by atoms with Gasteiger partial charge in [-0.1, -0.05) is 11.6 Å². The van der Waals surface area contributed by atoms with Crippen LogP contribution in [0.5, 0.6) is 0 Å². The Labute approximate surface area is 144 Å². The minimum Gasteiger partial charge on any atom is -0.478 e. The van der Waals surface area contributed by atoms with E-state index in [1.807, 2.05) is 12.1 Å². The van der Waals surface area contributed by atoms with Gasteiger partial charge in [-0.15, -0.1) is 23.7 Å². The highest BCUT2D eigenvalue weighted by molar-refractivity contribution is 7.20. The van der Waals surface area contributed by atoms with Crippen LogP contribution in [0.25, 0.3) is 16.2 Å². The van der Waals surface area contributed by atoms with Gasteiger partial charge in [0.1, 0.15) is 0 Å². The third-order valence-electron chi connectivity index (χ3n) is 3.89. The molecule has 2 heterocycles. The molecule has 22 heavy (non-hydrogen) atoms. The Morgan fingerprint density at radius 2 is 2.14 bits per heavy atom. The molecule has 0 spiro atoms. The summed E-state index contributed by atoms with van der Waals surface area (Å²) in [5, 5.41) is 11.1. The lowest BCUT2D eigenvalue weighted by molar-refractivity contribution is -0.132. The maximum atomic E-state index is 11.1. The second-order valence-electron chi connectivity index (χ2n) is 5.46. The van der Waals surface area contributed by atoms with Crippen LogP contribution in [0.15, 0.2) is 17.7 Å². The van der Waals surface area contributed by atoms with Gasteiger partial charge in [-0.2, -0.15) is 0 Å². The summed E-state index contributed by atoms with van der Waals surface area (Å²) in [6, 6.07) is 3.98. The molecule has 0 atom stereocenters. The molecule has 1 aliphatic heterocycles. The molecule has 0 saturated carbocycles. The van der Waals surface area contributed by atoms with E-state index in [1.54, 1.807) is 24.3 Å². The molecule has 0 amide bonds. The summed E-state index contributed by atoms with van der Waals surface area (Å²) in [5.41, 5.74) is 2.75. The van der Waals surface area contributed by atoms with E-state index in [-0.39, 0.29) is 12.4 Å². The summed E-state index contributed by atoms with van der Waals surface area (Å²) in [6.07, 6.45) is 2.71. The Bertz CT molecular complexity index is 767. The molecule has 0 bridgehead atoms. The van der Waals surface area contributed by atoms with Gasteiger partial charge in [0.2, 0.25) is 0 Å². The number of carboxylic acids is 1. The van der Waals surface area contributed by atoms with E-state index >= 15 is 0 Å². The smallest absolute Gasteiger partial charge is 0.331 e. The number of rotatable bonds is 2. The number of likely N-dealkylation sites (N-methyl/N-ethyl adjacent to an activating group) is 1. The van der Waals surface area contributed by atoms with E-state index in [0.29, 0.717) is 5.57 Å². The highest BCUT2D eigenvalue weighted by Gasteiger charge is 2.21. The highest BCUT2D eigenvalue weighted by atomic mass is 35.5. The summed E-state index contributed by atoms with van der Waals surface area (Å²) < 4.78 is 1.18. The lowest BCUT2D eigenvalue weighted by atomic mass is 10.0. The summed E-state index contributed by atoms with van der Waals surface area (Å²) in [4.78, 5) is 14.4. The number of nitrogens with zero attached hydrogens (tertiary/aromatic N) is 1. The van der Waals surface area contributed by atoms with Gasteiger partial charge in [0.05, 0.1) is 0 Å². The number of hydrogen-bond acceptors (Lipinski definition) is 3. The molecule has 1 N–H and O–H groups in total. The molecule has 3 rings (SSSR count). The first kappa shape index (κ1) is 17.3. The predicted octanol–water partition coefficient (Wildman–Crippen LogP) is 4.45. The third kappa shape index (κ3) is 3.01. The standard InChI is InChI=1S/C16H16ClNO2S.ClH/c1-9(16(19)20)7-14-11-8-18(2)6-5-10-12(17)3-4-13(21-14)15(10)11;/h3-4,7H,5-6,8H2,1-2H3,(H,19,20);1H/b9-7+;. The molecule has 6 heteroatoms. The van der Waals surface area contributed by atoms with Gasteiger partial charge in [0, 0.05) is 38.6 Å². The normalized spacial score (nSPS) is 15.5. The van der Waals surface area contributed by atoms with E-state index in [9.17, 15) is 4.79 Å². The number of hydrogen-bond donors (Lipinski definition) is 1. The topological polar surface area (TPSA) is 40.5 Å². The van der Waals surface area contributed by atoms with Gasteiger partial charge in [-0.05, 0) is 49.7 Å². The van der Waals surface area contributed by atoms with Gasteiger partial charge in [-0.25, -0.2) is 4.79 Å². The van der Waals surface area contributed by atoms with E-state index < -0.39 is 5.97 Å². The first-order chi connectivity index (χ1) is 9.97. The van der Waals surface area contributed by atoms with Crippen LogP contribution in [-0.2, 0) is 17.8 Å². The molecular weight excluding hydrogens is 341 g/mol. The first-order valence-electron chi connectivity index (χ1n) is 6.80. The van der Waals surface area contributed by atoms with Crippen LogP contribution in [0.1, 0.15) is 22.9 Å². The maximum absolute atomic E-state index is 11.1. The fourth-order valence-corrected chi connectivity index (χ4v) is 4.25. The zero-order chi connectivity index (χ0) is 15.1. The Balaban J connectivity index is 0.00000176. The van der Waals surface area contributed by atoms with Crippen LogP contribution in [0.4, 0.5) is 0 Å². The molecule has 0 fully saturated rings. The third-order valence-corrected chi connectivity index (χ3v) is 5.39. The molecular formula is C16H17Cl2NO2S. The maximum Gasteiger partial charge on any atom is 0.331 e. The highest BCUT2D eigenvalue weighted by Crippen LogP contribution is 2.40. The van der Waals surface area contributed by atoms with Crippen LogP contribution in [0.3, 0.4) is 0 Å². The van der Waals surface area contributed by atoms with Crippen LogP contribution in [0, 0.1) is 0 Å². The fraction of sp³-hybridized carbons (Fsp3) is 0.312. The van der Waals surface area contributed by atoms with Crippen molar-refractivity contribution in [2.75, 3.05) is 13.6 Å². The zero-order valence-electron chi connectivity index (χ0n) is 12.4. The van der Waals surface area contributed by atoms with Crippen molar-refractivity contribution in [3.63, 3.8) is 0 Å². The summed E-state index contributed by atoms with van der Waals surface area (Å²) in [5.74, 6) is -0.875. The second kappa shape index (κ2) is 6.59. The van der Waals surface area contributed by atoms with E-state index in [4.69, 9.17) is 16.7 Å². The number of aliphatic carboxylic acids is 1. The van der Waals surface area contributed by atoms with E-state index in [0.717, 1.165) is 29.4 Å². The van der Waals surface area contributed by atoms with Gasteiger partial charge in [0.15, 0.2) is 0 Å². The number of halogens is 2. The fourth-order valence-electron chi connectivity index (χ4n) is 2.75. The first-order valence-corrected chi connectivity index (χ1v) is 7.99. The minimum absolute atomic E-state index is 0. The molecule has 118 valence electrons. The average molecular weight is 358 g/mol. The Hall–Kier alpha value is -1.07. The largest absolute Gasteiger partial charge is 0.478 e. The molecule has 0 aliphatic carbocycles. The second-order valence-corrected chi connectivity index (χ2v) is 6.96. The molecule has 0 unspecified atom stereocenters. The van der Waals surface area contributed by atoms with Gasteiger partial charge >= 0.3 is 5.97 Å². The zero-order valence-corrected chi connectivity index (χ0v) is 14.7. The monoisotopic (exact) mass is 357 g/mol. The van der Waals surface area contributed by atoms with Crippen molar-refractivity contribution >= 4 is 57.5 Å². The van der Waals surface area contributed by atoms with Crippen LogP contribution >= 0.6 is 35.3 Å². The SMILES string of the molecule is C/C(=C\c1sc2ccc(Cl)c3c2c1CN(C)CC3)C(=O)O.Cl. The number of carbonyl (C=O) groups is 1. The van der Waals surface area contributed by atoms with Gasteiger partial charge in [-0.3, -0.25) is 0 Å². The molecule has 1 aromatic heterocycles. The Morgan fingerprint density at radius 3 is 2.82 bits per heavy atom. The molecule has 3 nitrogen and oxygen atoms in total. The van der Waals surface area contributed by atoms with Gasteiger partial charge < -0.3 is 10.0 Å². The number of benzene rings is 1. The molecule has 2 aromatic rings. The van der Waals surface area contributed by atoms with Crippen molar-refractivity contribution < 1.29 is 9.90 Å². The lowest BCUT2D eigenvalue weighted by Crippen LogP contribution is -2.18. The minimum atomic E-state index is -0.875. The summed E-state index contributed by atoms with van der Waals surface area (Å²) in [6.45, 7) is 3.42. The van der Waals surface area contributed by atoms with E-state index in [2.05, 4.69) is 11.9 Å². The van der Waals surface area contributed by atoms with Crippen LogP contribution in [-0.4, -0.2) is 29.6 Å². The quantitative estimate of drug-likeness (QED) is 0.807. The lowest BCUT2D eigenvalue weighted by Gasteiger charge is -2.13. The Kier molecular flexibility index (Phi) is 5.17. The molecule has 1 aromatic carbocycles. The van der Waals surface area contributed by atoms with Crippen molar-refractivity contribution in [2.45, 2.75) is 19.9 Å². The van der Waals surface area contributed by atoms with Crippen LogP contribution < -0.4 is 0 Å². The average Bonchev–Trinajstić information content (AvgIpc) is 2.64. The van der Waals surface area contributed by atoms with Crippen molar-refractivity contribution in [3.05, 3.63) is 38.7 Å². The van der Waals surface area contributed by atoms with Crippen molar-refractivity contribution in [2.24, 2.45) is 0 Å². The number of carboxylic acid groups (broad SMARTS) is 1. The molecule has 0 saturated heterocycles. The molecule has 1 aliphatic rings. The van der Waals surface area contributed by atoms with Crippen molar-refractivity contribution in [1.82, 2.24) is 4.90 Å². The summed E-state index contributed by atoms with van der Waals surface area (Å²) >= 11 is 8.01. The van der Waals surface area contributed by atoms with Gasteiger partial charge in [0.25, 0.3) is 0 Å². The van der Waals surface area contributed by atoms with Crippen molar-refractivity contribution in [3.8, 4) is 0 Å². The predicted molar refractivity (Wildman–Crippen MR) is 95.4 cm³/mol. The Morgan fingerprint density at radius 1 is 1.41 bits per heavy atom. The number of thiophene rings is 1.